The van der Waals surface area contributed by atoms with E-state index in [1.807, 2.05) is 33.9 Å². The molecule has 120 valence electrons. The van der Waals surface area contributed by atoms with Crippen LogP contribution < -0.4 is 4.90 Å². The molecular weight excluding hydrogens is 260 g/mol. The SMILES string of the molecule is CC.CC.CC(C)c1ccc(N2CC(O)(C3CC3)C2)nc1. The molecule has 1 N–H and O–H groups in total. The standard InChI is InChI=1S/C14H20N2O.2C2H6/c1-10(2)11-3-6-13(15-7-11)16-8-14(17,9-16)12-4-5-12;2*1-2/h3,6-7,10,12,17H,4-5,8-9H2,1-2H3;2*1-2H3. The highest BCUT2D eigenvalue weighted by atomic mass is 16.3. The number of anilines is 1. The molecule has 1 aromatic heterocycles. The number of nitrogens with zero attached hydrogens (tertiary/aromatic N) is 2. The topological polar surface area (TPSA) is 36.4 Å². The van der Waals surface area contributed by atoms with Crippen LogP contribution in [-0.2, 0) is 0 Å². The van der Waals surface area contributed by atoms with Crippen LogP contribution in [0.3, 0.4) is 0 Å². The van der Waals surface area contributed by atoms with Crippen LogP contribution >= 0.6 is 0 Å². The van der Waals surface area contributed by atoms with Crippen LogP contribution in [-0.4, -0.2) is 28.8 Å². The van der Waals surface area contributed by atoms with E-state index in [0.717, 1.165) is 18.9 Å². The van der Waals surface area contributed by atoms with Crippen molar-refractivity contribution in [2.24, 2.45) is 5.92 Å². The fourth-order valence-corrected chi connectivity index (χ4v) is 2.58. The van der Waals surface area contributed by atoms with Crippen LogP contribution in [0.2, 0.25) is 0 Å². The maximum absolute atomic E-state index is 10.3. The molecule has 0 amide bonds. The van der Waals surface area contributed by atoms with E-state index in [1.54, 1.807) is 0 Å². The average Bonchev–Trinajstić information content (AvgIpc) is 3.33. The van der Waals surface area contributed by atoms with E-state index < -0.39 is 5.60 Å². The van der Waals surface area contributed by atoms with Crippen molar-refractivity contribution in [2.45, 2.75) is 65.9 Å². The van der Waals surface area contributed by atoms with E-state index in [1.165, 1.54) is 18.4 Å². The number of pyridine rings is 1. The minimum absolute atomic E-state index is 0.418. The maximum Gasteiger partial charge on any atom is 0.128 e. The molecule has 1 saturated carbocycles. The highest BCUT2D eigenvalue weighted by Gasteiger charge is 2.52. The van der Waals surface area contributed by atoms with Gasteiger partial charge in [-0.3, -0.25) is 0 Å². The molecule has 0 bridgehead atoms. The lowest BCUT2D eigenvalue weighted by Crippen LogP contribution is -2.63. The van der Waals surface area contributed by atoms with Crippen LogP contribution in [0, 0.1) is 5.92 Å². The predicted molar refractivity (Wildman–Crippen MR) is 90.9 cm³/mol. The quantitative estimate of drug-likeness (QED) is 0.906. The van der Waals surface area contributed by atoms with Gasteiger partial charge in [-0.05, 0) is 36.3 Å². The van der Waals surface area contributed by atoms with E-state index in [-0.39, 0.29) is 0 Å². The van der Waals surface area contributed by atoms with Gasteiger partial charge in [0.2, 0.25) is 0 Å². The summed E-state index contributed by atoms with van der Waals surface area (Å²) in [6.07, 6.45) is 4.35. The smallest absolute Gasteiger partial charge is 0.128 e. The Morgan fingerprint density at radius 1 is 1.14 bits per heavy atom. The van der Waals surface area contributed by atoms with Crippen LogP contribution in [0.5, 0.6) is 0 Å². The van der Waals surface area contributed by atoms with Gasteiger partial charge in [-0.15, -0.1) is 0 Å². The summed E-state index contributed by atoms with van der Waals surface area (Å²) in [6.45, 7) is 13.9. The lowest BCUT2D eigenvalue weighted by molar-refractivity contribution is -0.00974. The predicted octanol–water partition coefficient (Wildman–Crippen LogP) is 4.22. The first-order valence-electron chi connectivity index (χ1n) is 8.52. The van der Waals surface area contributed by atoms with Crippen molar-refractivity contribution in [1.82, 2.24) is 4.98 Å². The third kappa shape index (κ3) is 4.19. The Hall–Kier alpha value is -1.09. The second-order valence-corrected chi connectivity index (χ2v) is 5.84. The lowest BCUT2D eigenvalue weighted by atomic mass is 9.89. The molecule has 1 aliphatic heterocycles. The number of aliphatic hydroxyl groups is 1. The number of β-amino-alcohol motifs (C(OH)–C–C–N with tert-alkyl or cyclic N) is 1. The molecule has 2 aliphatic rings. The monoisotopic (exact) mass is 292 g/mol. The Kier molecular flexibility index (Phi) is 6.66. The summed E-state index contributed by atoms with van der Waals surface area (Å²) >= 11 is 0. The van der Waals surface area contributed by atoms with Crippen molar-refractivity contribution in [3.05, 3.63) is 23.9 Å². The molecule has 2 fully saturated rings. The Balaban J connectivity index is 0.000000510. The minimum atomic E-state index is -0.418. The summed E-state index contributed by atoms with van der Waals surface area (Å²) in [7, 11) is 0. The minimum Gasteiger partial charge on any atom is -0.386 e. The summed E-state index contributed by atoms with van der Waals surface area (Å²) in [5.74, 6) is 2.07. The Morgan fingerprint density at radius 3 is 2.10 bits per heavy atom. The number of hydrogen-bond acceptors (Lipinski definition) is 3. The number of rotatable bonds is 3. The highest BCUT2D eigenvalue weighted by Crippen LogP contribution is 2.45. The van der Waals surface area contributed by atoms with Crippen molar-refractivity contribution in [3.63, 3.8) is 0 Å². The zero-order valence-corrected chi connectivity index (χ0v) is 14.6. The third-order valence-corrected chi connectivity index (χ3v) is 4.03. The summed E-state index contributed by atoms with van der Waals surface area (Å²) < 4.78 is 0. The summed E-state index contributed by atoms with van der Waals surface area (Å²) in [5, 5.41) is 10.3. The van der Waals surface area contributed by atoms with E-state index >= 15 is 0 Å². The van der Waals surface area contributed by atoms with E-state index in [0.29, 0.717) is 11.8 Å². The maximum atomic E-state index is 10.3. The van der Waals surface area contributed by atoms with Gasteiger partial charge in [0.25, 0.3) is 0 Å². The molecule has 1 aromatic rings. The van der Waals surface area contributed by atoms with Crippen molar-refractivity contribution in [2.75, 3.05) is 18.0 Å². The van der Waals surface area contributed by atoms with Crippen LogP contribution in [0.1, 0.15) is 65.9 Å². The molecule has 21 heavy (non-hydrogen) atoms. The zero-order chi connectivity index (χ0) is 16.0. The second-order valence-electron chi connectivity index (χ2n) is 5.84. The highest BCUT2D eigenvalue weighted by molar-refractivity contribution is 5.45. The molecule has 2 heterocycles. The largest absolute Gasteiger partial charge is 0.386 e. The Bertz CT molecular complexity index is 404. The van der Waals surface area contributed by atoms with Gasteiger partial charge in [-0.1, -0.05) is 47.6 Å². The van der Waals surface area contributed by atoms with Gasteiger partial charge in [0, 0.05) is 6.20 Å². The lowest BCUT2D eigenvalue weighted by Gasteiger charge is -2.47. The first kappa shape index (κ1) is 18.0. The molecule has 0 unspecified atom stereocenters. The van der Waals surface area contributed by atoms with Gasteiger partial charge in [-0.25, -0.2) is 4.98 Å². The van der Waals surface area contributed by atoms with E-state index in [4.69, 9.17) is 0 Å². The normalized spacial score (nSPS) is 19.0. The Labute approximate surface area is 130 Å². The summed E-state index contributed by atoms with van der Waals surface area (Å²) in [6, 6.07) is 4.21. The van der Waals surface area contributed by atoms with Gasteiger partial charge >= 0.3 is 0 Å². The number of aromatic nitrogens is 1. The molecule has 1 aliphatic carbocycles. The van der Waals surface area contributed by atoms with Crippen molar-refractivity contribution in [1.29, 1.82) is 0 Å². The van der Waals surface area contributed by atoms with Crippen LogP contribution in [0.15, 0.2) is 18.3 Å². The van der Waals surface area contributed by atoms with Gasteiger partial charge in [0.05, 0.1) is 13.1 Å². The van der Waals surface area contributed by atoms with Crippen LogP contribution in [0.25, 0.3) is 0 Å². The number of hydrogen-bond donors (Lipinski definition) is 1. The molecule has 3 rings (SSSR count). The zero-order valence-electron chi connectivity index (χ0n) is 14.6. The molecular formula is C18H32N2O. The molecule has 0 atom stereocenters. The van der Waals surface area contributed by atoms with Gasteiger partial charge in [-0.2, -0.15) is 0 Å². The fourth-order valence-electron chi connectivity index (χ4n) is 2.58. The van der Waals surface area contributed by atoms with E-state index in [9.17, 15) is 5.11 Å². The molecule has 1 saturated heterocycles. The second kappa shape index (κ2) is 7.79. The average molecular weight is 292 g/mol. The molecule has 3 nitrogen and oxygen atoms in total. The van der Waals surface area contributed by atoms with Gasteiger partial charge in [0.1, 0.15) is 11.4 Å². The first-order valence-corrected chi connectivity index (χ1v) is 8.52. The Morgan fingerprint density at radius 2 is 1.71 bits per heavy atom. The third-order valence-electron chi connectivity index (χ3n) is 4.03. The van der Waals surface area contributed by atoms with Crippen molar-refractivity contribution < 1.29 is 5.11 Å². The summed E-state index contributed by atoms with van der Waals surface area (Å²) in [5.41, 5.74) is 0.852. The van der Waals surface area contributed by atoms with Crippen molar-refractivity contribution in [3.8, 4) is 0 Å². The molecule has 3 heteroatoms. The van der Waals surface area contributed by atoms with Crippen molar-refractivity contribution >= 4 is 5.82 Å². The molecule has 0 aromatic carbocycles. The van der Waals surface area contributed by atoms with Gasteiger partial charge in [0.15, 0.2) is 0 Å². The first-order chi connectivity index (χ1) is 10.1. The molecule has 0 spiro atoms. The van der Waals surface area contributed by atoms with E-state index in [2.05, 4.69) is 35.9 Å². The fraction of sp³-hybridized carbons (Fsp3) is 0.722. The van der Waals surface area contributed by atoms with Gasteiger partial charge < -0.3 is 10.0 Å². The molecule has 0 radical (unpaired) electrons. The van der Waals surface area contributed by atoms with Crippen LogP contribution in [0.4, 0.5) is 5.82 Å². The summed E-state index contributed by atoms with van der Waals surface area (Å²) in [4.78, 5) is 6.65.